The third-order valence-corrected chi connectivity index (χ3v) is 4.28. The third-order valence-electron chi connectivity index (χ3n) is 4.28. The molecule has 0 radical (unpaired) electrons. The van der Waals surface area contributed by atoms with E-state index in [1.807, 2.05) is 69.3 Å². The minimum absolute atomic E-state index is 0.200. The number of aromatic nitrogens is 1. The van der Waals surface area contributed by atoms with Crippen LogP contribution in [-0.4, -0.2) is 17.0 Å². The van der Waals surface area contributed by atoms with Crippen LogP contribution in [0.5, 0.6) is 5.75 Å². The molecule has 2 aromatic carbocycles. The van der Waals surface area contributed by atoms with Gasteiger partial charge in [-0.1, -0.05) is 24.3 Å². The molecule has 1 amide bonds. The summed E-state index contributed by atoms with van der Waals surface area (Å²) in [5.41, 5.74) is 4.73. The molecule has 3 rings (SSSR count). The number of nitrogens with zero attached hydrogens (tertiary/aromatic N) is 1. The molecular formula is C21H22N2O2. The number of ether oxygens (including phenoxy) is 1. The molecule has 0 bridgehead atoms. The summed E-state index contributed by atoms with van der Waals surface area (Å²) in [7, 11) is 0. The molecule has 1 N–H and O–H groups in total. The number of fused-ring (bicyclic) bond motifs is 1. The van der Waals surface area contributed by atoms with Crippen molar-refractivity contribution >= 4 is 22.5 Å². The minimum atomic E-state index is -0.609. The van der Waals surface area contributed by atoms with Crippen molar-refractivity contribution in [1.29, 1.82) is 0 Å². The second-order valence-electron chi connectivity index (χ2n) is 6.33. The summed E-state index contributed by atoms with van der Waals surface area (Å²) in [4.78, 5) is 17.1. The van der Waals surface area contributed by atoms with E-state index in [1.165, 1.54) is 5.56 Å². The van der Waals surface area contributed by atoms with Gasteiger partial charge in [0.1, 0.15) is 5.75 Å². The standard InChI is InChI=1S/C21H22N2O2/c1-13-8-11-18(12-14(13)2)25-16(4)21(24)23-19-7-5-6-17-10-9-15(3)22-20(17)19/h5-12,16H,1-4H3,(H,23,24). The van der Waals surface area contributed by atoms with Crippen molar-refractivity contribution in [3.05, 3.63) is 65.4 Å². The highest BCUT2D eigenvalue weighted by atomic mass is 16.5. The zero-order valence-electron chi connectivity index (χ0n) is 15.0. The van der Waals surface area contributed by atoms with Crippen LogP contribution in [0.25, 0.3) is 10.9 Å². The average molecular weight is 334 g/mol. The highest BCUT2D eigenvalue weighted by Gasteiger charge is 2.16. The lowest BCUT2D eigenvalue weighted by Crippen LogP contribution is -2.30. The second-order valence-corrected chi connectivity index (χ2v) is 6.33. The highest BCUT2D eigenvalue weighted by molar-refractivity contribution is 6.01. The fourth-order valence-corrected chi connectivity index (χ4v) is 2.62. The number of hydrogen-bond donors (Lipinski definition) is 1. The van der Waals surface area contributed by atoms with Gasteiger partial charge in [-0.05, 0) is 63.1 Å². The first-order valence-electron chi connectivity index (χ1n) is 8.35. The first kappa shape index (κ1) is 17.0. The Bertz CT molecular complexity index is 934. The van der Waals surface area contributed by atoms with Crippen LogP contribution in [0.2, 0.25) is 0 Å². The van der Waals surface area contributed by atoms with Crippen LogP contribution in [-0.2, 0) is 4.79 Å². The fraction of sp³-hybridized carbons (Fsp3) is 0.238. The van der Waals surface area contributed by atoms with Crippen molar-refractivity contribution in [1.82, 2.24) is 4.98 Å². The molecule has 0 fully saturated rings. The van der Waals surface area contributed by atoms with Crippen molar-refractivity contribution in [2.45, 2.75) is 33.8 Å². The Hall–Kier alpha value is -2.88. The molecule has 25 heavy (non-hydrogen) atoms. The predicted octanol–water partition coefficient (Wildman–Crippen LogP) is 4.57. The number of carbonyl (C=O) groups is 1. The minimum Gasteiger partial charge on any atom is -0.481 e. The van der Waals surface area contributed by atoms with E-state index >= 15 is 0 Å². The van der Waals surface area contributed by atoms with Crippen molar-refractivity contribution < 1.29 is 9.53 Å². The van der Waals surface area contributed by atoms with Gasteiger partial charge in [-0.15, -0.1) is 0 Å². The van der Waals surface area contributed by atoms with Crippen LogP contribution in [0, 0.1) is 20.8 Å². The molecule has 1 heterocycles. The molecule has 0 spiro atoms. The number of benzene rings is 2. The third kappa shape index (κ3) is 3.79. The van der Waals surface area contributed by atoms with Gasteiger partial charge in [0, 0.05) is 11.1 Å². The van der Waals surface area contributed by atoms with Crippen LogP contribution >= 0.6 is 0 Å². The van der Waals surface area contributed by atoms with Crippen molar-refractivity contribution in [2.24, 2.45) is 0 Å². The first-order valence-corrected chi connectivity index (χ1v) is 8.35. The van der Waals surface area contributed by atoms with Gasteiger partial charge >= 0.3 is 0 Å². The van der Waals surface area contributed by atoms with E-state index in [2.05, 4.69) is 10.3 Å². The number of aryl methyl sites for hydroxylation is 3. The summed E-state index contributed by atoms with van der Waals surface area (Å²) < 4.78 is 5.79. The number of carbonyl (C=O) groups excluding carboxylic acids is 1. The summed E-state index contributed by atoms with van der Waals surface area (Å²) in [5, 5.41) is 3.92. The fourth-order valence-electron chi connectivity index (χ4n) is 2.62. The van der Waals surface area contributed by atoms with Gasteiger partial charge in [-0.25, -0.2) is 0 Å². The zero-order chi connectivity index (χ0) is 18.0. The van der Waals surface area contributed by atoms with Gasteiger partial charge in [0.05, 0.1) is 11.2 Å². The van der Waals surface area contributed by atoms with E-state index in [4.69, 9.17) is 4.74 Å². The number of rotatable bonds is 4. The number of pyridine rings is 1. The molecule has 0 aliphatic heterocycles. The van der Waals surface area contributed by atoms with Gasteiger partial charge in [-0.2, -0.15) is 0 Å². The van der Waals surface area contributed by atoms with Crippen LogP contribution in [0.1, 0.15) is 23.7 Å². The second kappa shape index (κ2) is 6.93. The highest BCUT2D eigenvalue weighted by Crippen LogP contribution is 2.23. The molecule has 4 nitrogen and oxygen atoms in total. The number of hydrogen-bond acceptors (Lipinski definition) is 3. The number of para-hydroxylation sites is 1. The Morgan fingerprint density at radius 2 is 1.84 bits per heavy atom. The Kier molecular flexibility index (Phi) is 4.70. The molecule has 0 saturated carbocycles. The Morgan fingerprint density at radius 3 is 2.60 bits per heavy atom. The normalized spacial score (nSPS) is 12.0. The predicted molar refractivity (Wildman–Crippen MR) is 101 cm³/mol. The SMILES string of the molecule is Cc1ccc2cccc(NC(=O)C(C)Oc3ccc(C)c(C)c3)c2n1. The maximum atomic E-state index is 12.5. The Morgan fingerprint density at radius 1 is 1.04 bits per heavy atom. The van der Waals surface area contributed by atoms with Gasteiger partial charge in [0.25, 0.3) is 5.91 Å². The molecule has 128 valence electrons. The van der Waals surface area contributed by atoms with Gasteiger partial charge in [0.2, 0.25) is 0 Å². The van der Waals surface area contributed by atoms with Crippen molar-refractivity contribution in [2.75, 3.05) is 5.32 Å². The molecule has 4 heteroatoms. The first-order chi connectivity index (χ1) is 11.9. The lowest BCUT2D eigenvalue weighted by molar-refractivity contribution is -0.122. The van der Waals surface area contributed by atoms with Gasteiger partial charge in [0.15, 0.2) is 6.10 Å². The maximum Gasteiger partial charge on any atom is 0.265 e. The lowest BCUT2D eigenvalue weighted by atomic mass is 10.1. The van der Waals surface area contributed by atoms with E-state index < -0.39 is 6.10 Å². The summed E-state index contributed by atoms with van der Waals surface area (Å²) >= 11 is 0. The van der Waals surface area contributed by atoms with Crippen LogP contribution in [0.4, 0.5) is 5.69 Å². The Balaban J connectivity index is 1.77. The topological polar surface area (TPSA) is 51.2 Å². The van der Waals surface area contributed by atoms with Gasteiger partial charge in [-0.3, -0.25) is 9.78 Å². The van der Waals surface area contributed by atoms with Crippen LogP contribution in [0.3, 0.4) is 0 Å². The Labute approximate surface area is 147 Å². The summed E-state index contributed by atoms with van der Waals surface area (Å²) in [5.74, 6) is 0.492. The lowest BCUT2D eigenvalue weighted by Gasteiger charge is -2.16. The number of nitrogens with one attached hydrogen (secondary N) is 1. The summed E-state index contributed by atoms with van der Waals surface area (Å²) in [6, 6.07) is 15.5. The maximum absolute atomic E-state index is 12.5. The van der Waals surface area contributed by atoms with E-state index in [-0.39, 0.29) is 5.91 Å². The van der Waals surface area contributed by atoms with Gasteiger partial charge < -0.3 is 10.1 Å². The molecule has 0 aliphatic carbocycles. The van der Waals surface area contributed by atoms with Crippen molar-refractivity contribution in [3.63, 3.8) is 0 Å². The van der Waals surface area contributed by atoms with Crippen LogP contribution in [0.15, 0.2) is 48.5 Å². The quantitative estimate of drug-likeness (QED) is 0.760. The van der Waals surface area contributed by atoms with E-state index in [9.17, 15) is 4.79 Å². The molecule has 1 aromatic heterocycles. The van der Waals surface area contributed by atoms with E-state index in [0.717, 1.165) is 22.2 Å². The molecule has 0 aliphatic rings. The monoisotopic (exact) mass is 334 g/mol. The van der Waals surface area contributed by atoms with E-state index in [0.29, 0.717) is 11.4 Å². The summed E-state index contributed by atoms with van der Waals surface area (Å²) in [6.07, 6.45) is -0.609. The molecule has 3 aromatic rings. The molecule has 0 saturated heterocycles. The van der Waals surface area contributed by atoms with E-state index in [1.54, 1.807) is 6.92 Å². The average Bonchev–Trinajstić information content (AvgIpc) is 2.58. The summed E-state index contributed by atoms with van der Waals surface area (Å²) in [6.45, 7) is 7.75. The van der Waals surface area contributed by atoms with Crippen molar-refractivity contribution in [3.8, 4) is 5.75 Å². The van der Waals surface area contributed by atoms with Crippen LogP contribution < -0.4 is 10.1 Å². The molecular weight excluding hydrogens is 312 g/mol. The molecule has 1 atom stereocenters. The number of amides is 1. The largest absolute Gasteiger partial charge is 0.481 e. The molecule has 1 unspecified atom stereocenters. The number of anilines is 1. The zero-order valence-corrected chi connectivity index (χ0v) is 15.0. The smallest absolute Gasteiger partial charge is 0.265 e.